The largest absolute Gasteiger partial charge is 0.494 e. The van der Waals surface area contributed by atoms with Gasteiger partial charge in [0.05, 0.1) is 12.8 Å². The molecule has 2 rings (SSSR count). The van der Waals surface area contributed by atoms with Gasteiger partial charge in [-0.2, -0.15) is 5.10 Å². The zero-order valence-corrected chi connectivity index (χ0v) is 13.0. The second-order valence-corrected chi connectivity index (χ2v) is 4.91. The molecular weight excluding hydrogens is 280 g/mol. The Morgan fingerprint density at radius 1 is 1.32 bits per heavy atom. The molecule has 0 atom stereocenters. The lowest BCUT2D eigenvalue weighted by atomic mass is 10.2. The van der Waals surface area contributed by atoms with Crippen molar-refractivity contribution in [3.8, 4) is 5.75 Å². The highest BCUT2D eigenvalue weighted by Crippen LogP contribution is 2.11. The van der Waals surface area contributed by atoms with Crippen LogP contribution in [0, 0.1) is 13.8 Å². The van der Waals surface area contributed by atoms with E-state index in [0.717, 1.165) is 17.7 Å². The number of aromatic amines is 1. The second-order valence-electron chi connectivity index (χ2n) is 4.91. The molecule has 0 aliphatic rings. The summed E-state index contributed by atoms with van der Waals surface area (Å²) in [7, 11) is 0. The van der Waals surface area contributed by atoms with Crippen molar-refractivity contribution < 1.29 is 4.74 Å². The van der Waals surface area contributed by atoms with Crippen molar-refractivity contribution in [3.63, 3.8) is 0 Å². The molecule has 0 aliphatic heterocycles. The van der Waals surface area contributed by atoms with Gasteiger partial charge in [-0.15, -0.1) is 0 Å². The van der Waals surface area contributed by atoms with Crippen molar-refractivity contribution in [2.45, 2.75) is 27.2 Å². The highest BCUT2D eigenvalue weighted by molar-refractivity contribution is 5.80. The number of nitrogens with one attached hydrogen (secondary N) is 2. The molecule has 2 N–H and O–H groups in total. The Labute approximate surface area is 129 Å². The third-order valence-electron chi connectivity index (χ3n) is 3.13. The average Bonchev–Trinajstić information content (AvgIpc) is 2.52. The van der Waals surface area contributed by atoms with Crippen LogP contribution in [0.25, 0.3) is 0 Å². The first kappa shape index (κ1) is 15.8. The van der Waals surface area contributed by atoms with E-state index in [1.54, 1.807) is 20.1 Å². The Hall–Kier alpha value is -2.63. The number of benzene rings is 1. The number of ether oxygens (including phenoxy) is 1. The minimum atomic E-state index is -0.164. The summed E-state index contributed by atoms with van der Waals surface area (Å²) in [4.78, 5) is 18.5. The van der Waals surface area contributed by atoms with Gasteiger partial charge in [-0.05, 0) is 50.1 Å². The molecule has 2 aromatic rings. The first-order chi connectivity index (χ1) is 10.6. The van der Waals surface area contributed by atoms with E-state index in [-0.39, 0.29) is 5.56 Å². The Morgan fingerprint density at radius 2 is 2.05 bits per heavy atom. The molecule has 6 nitrogen and oxygen atoms in total. The van der Waals surface area contributed by atoms with E-state index in [0.29, 0.717) is 23.8 Å². The lowest BCUT2D eigenvalue weighted by molar-refractivity contribution is 0.317. The Kier molecular flexibility index (Phi) is 5.30. The van der Waals surface area contributed by atoms with Gasteiger partial charge in [0.2, 0.25) is 5.95 Å². The van der Waals surface area contributed by atoms with E-state index in [4.69, 9.17) is 4.74 Å². The maximum absolute atomic E-state index is 11.6. The smallest absolute Gasteiger partial charge is 0.255 e. The molecule has 0 radical (unpaired) electrons. The van der Waals surface area contributed by atoms with Crippen molar-refractivity contribution in [3.05, 3.63) is 51.4 Å². The van der Waals surface area contributed by atoms with Crippen LogP contribution in [0.3, 0.4) is 0 Å². The van der Waals surface area contributed by atoms with Crippen LogP contribution in [0.15, 0.2) is 34.2 Å². The molecule has 0 fully saturated rings. The molecule has 0 unspecified atom stereocenters. The van der Waals surface area contributed by atoms with Crippen molar-refractivity contribution >= 4 is 12.2 Å². The summed E-state index contributed by atoms with van der Waals surface area (Å²) < 4.78 is 5.51. The van der Waals surface area contributed by atoms with Gasteiger partial charge in [-0.3, -0.25) is 9.78 Å². The molecule has 116 valence electrons. The first-order valence-electron chi connectivity index (χ1n) is 7.19. The molecule has 0 saturated heterocycles. The number of nitrogens with zero attached hydrogens (tertiary/aromatic N) is 2. The lowest BCUT2D eigenvalue weighted by Gasteiger charge is -2.04. The Bertz CT molecular complexity index is 705. The minimum absolute atomic E-state index is 0.164. The van der Waals surface area contributed by atoms with E-state index < -0.39 is 0 Å². The number of aryl methyl sites for hydroxylation is 1. The maximum Gasteiger partial charge on any atom is 0.255 e. The van der Waals surface area contributed by atoms with E-state index in [9.17, 15) is 4.79 Å². The summed E-state index contributed by atoms with van der Waals surface area (Å²) in [5.74, 6) is 1.17. The predicted octanol–water partition coefficient (Wildman–Crippen LogP) is 2.62. The van der Waals surface area contributed by atoms with Crippen molar-refractivity contribution in [2.75, 3.05) is 12.0 Å². The van der Waals surface area contributed by atoms with Gasteiger partial charge in [-0.1, -0.05) is 6.92 Å². The first-order valence-corrected chi connectivity index (χ1v) is 7.19. The Morgan fingerprint density at radius 3 is 2.68 bits per heavy atom. The number of H-pyrrole nitrogens is 1. The monoisotopic (exact) mass is 300 g/mol. The average molecular weight is 300 g/mol. The number of hydrazone groups is 1. The van der Waals surface area contributed by atoms with E-state index in [2.05, 4.69) is 27.4 Å². The van der Waals surface area contributed by atoms with Crippen LogP contribution >= 0.6 is 0 Å². The molecule has 6 heteroatoms. The maximum atomic E-state index is 11.6. The van der Waals surface area contributed by atoms with E-state index in [1.807, 2.05) is 24.3 Å². The van der Waals surface area contributed by atoms with Crippen LogP contribution in [0.5, 0.6) is 5.75 Å². The molecule has 0 spiro atoms. The lowest BCUT2D eigenvalue weighted by Crippen LogP contribution is -2.15. The molecular formula is C16H20N4O2. The quantitative estimate of drug-likeness (QED) is 0.635. The van der Waals surface area contributed by atoms with Gasteiger partial charge in [0.25, 0.3) is 5.56 Å². The SMILES string of the molecule is CCCOc1ccc(/C=N\Nc2nc(C)c(C)c(=O)[nH]2)cc1. The van der Waals surface area contributed by atoms with Gasteiger partial charge >= 0.3 is 0 Å². The fraction of sp³-hybridized carbons (Fsp3) is 0.312. The Balaban J connectivity index is 1.99. The van der Waals surface area contributed by atoms with Crippen LogP contribution in [0.4, 0.5) is 5.95 Å². The van der Waals surface area contributed by atoms with Crippen LogP contribution < -0.4 is 15.7 Å². The molecule has 0 aliphatic carbocycles. The summed E-state index contributed by atoms with van der Waals surface area (Å²) in [5, 5.41) is 4.07. The number of rotatable bonds is 6. The van der Waals surface area contributed by atoms with Crippen molar-refractivity contribution in [1.29, 1.82) is 0 Å². The van der Waals surface area contributed by atoms with Crippen LogP contribution in [0.1, 0.15) is 30.2 Å². The third kappa shape index (κ3) is 4.18. The normalized spacial score (nSPS) is 10.9. The molecule has 1 aromatic heterocycles. The van der Waals surface area contributed by atoms with Crippen molar-refractivity contribution in [1.82, 2.24) is 9.97 Å². The summed E-state index contributed by atoms with van der Waals surface area (Å²) >= 11 is 0. The number of hydrogen-bond acceptors (Lipinski definition) is 5. The van der Waals surface area contributed by atoms with E-state index in [1.165, 1.54) is 0 Å². The summed E-state index contributed by atoms with van der Waals surface area (Å²) in [5.41, 5.74) is 4.77. The molecule has 0 saturated carbocycles. The number of hydrogen-bond donors (Lipinski definition) is 2. The zero-order chi connectivity index (χ0) is 15.9. The van der Waals surface area contributed by atoms with Gasteiger partial charge < -0.3 is 4.74 Å². The molecule has 0 bridgehead atoms. The molecule has 1 aromatic carbocycles. The highest BCUT2D eigenvalue weighted by Gasteiger charge is 2.02. The minimum Gasteiger partial charge on any atom is -0.494 e. The zero-order valence-electron chi connectivity index (χ0n) is 13.0. The van der Waals surface area contributed by atoms with Gasteiger partial charge in [-0.25, -0.2) is 10.4 Å². The van der Waals surface area contributed by atoms with Crippen LogP contribution in [-0.4, -0.2) is 22.8 Å². The molecule has 1 heterocycles. The van der Waals surface area contributed by atoms with Crippen molar-refractivity contribution in [2.24, 2.45) is 5.10 Å². The van der Waals surface area contributed by atoms with Gasteiger partial charge in [0.15, 0.2) is 0 Å². The molecule has 22 heavy (non-hydrogen) atoms. The predicted molar refractivity (Wildman–Crippen MR) is 87.8 cm³/mol. The summed E-state index contributed by atoms with van der Waals surface area (Å²) in [6, 6.07) is 7.61. The van der Waals surface area contributed by atoms with Gasteiger partial charge in [0, 0.05) is 11.3 Å². The fourth-order valence-electron chi connectivity index (χ4n) is 1.74. The summed E-state index contributed by atoms with van der Waals surface area (Å²) in [6.45, 7) is 6.30. The fourth-order valence-corrected chi connectivity index (χ4v) is 1.74. The standard InChI is InChI=1S/C16H20N4O2/c1-4-9-22-14-7-5-13(6-8-14)10-17-20-16-18-12(3)11(2)15(21)19-16/h5-8,10H,4,9H2,1-3H3,(H2,18,19,20,21)/b17-10-. The third-order valence-corrected chi connectivity index (χ3v) is 3.13. The highest BCUT2D eigenvalue weighted by atomic mass is 16.5. The van der Waals surface area contributed by atoms with Crippen LogP contribution in [0.2, 0.25) is 0 Å². The van der Waals surface area contributed by atoms with Crippen LogP contribution in [-0.2, 0) is 0 Å². The second kappa shape index (κ2) is 7.40. The van der Waals surface area contributed by atoms with E-state index >= 15 is 0 Å². The topological polar surface area (TPSA) is 79.4 Å². The number of aromatic nitrogens is 2. The van der Waals surface area contributed by atoms with Gasteiger partial charge in [0.1, 0.15) is 5.75 Å². The summed E-state index contributed by atoms with van der Waals surface area (Å²) in [6.07, 6.45) is 2.63. The number of anilines is 1. The molecule has 0 amide bonds.